The summed E-state index contributed by atoms with van der Waals surface area (Å²) in [6.45, 7) is 0.864. The fraction of sp³-hybridized carbons (Fsp3) is 0.382. The number of hydrogen-bond donors (Lipinski definition) is 5. The number of para-hydroxylation sites is 1. The van der Waals surface area contributed by atoms with Crippen LogP contribution in [0.2, 0.25) is 0 Å². The number of fused-ring (bicyclic) bond motifs is 3. The van der Waals surface area contributed by atoms with Gasteiger partial charge in [-0.15, -0.1) is 12.4 Å². The third-order valence-electron chi connectivity index (χ3n) is 9.24. The van der Waals surface area contributed by atoms with Crippen molar-refractivity contribution in [3.63, 3.8) is 0 Å². The number of carbonyl (C=O) groups excluding carboxylic acids is 3. The number of ether oxygens (including phenoxy) is 4. The third-order valence-corrected chi connectivity index (χ3v) is 9.24. The molecule has 50 heavy (non-hydrogen) atoms. The number of benzene rings is 3. The Morgan fingerprint density at radius 1 is 1.08 bits per heavy atom. The number of nitrogens with zero attached hydrogens (tertiary/aromatic N) is 1. The molecular formula is C34H36ClN3O12. The van der Waals surface area contributed by atoms with Gasteiger partial charge < -0.3 is 45.3 Å². The number of carbonyl (C=O) groups is 3. The lowest BCUT2D eigenvalue weighted by molar-refractivity contribution is -0.385. The van der Waals surface area contributed by atoms with Crippen molar-refractivity contribution in [2.24, 2.45) is 5.73 Å². The van der Waals surface area contributed by atoms with E-state index in [0.717, 1.165) is 0 Å². The predicted octanol–water partition coefficient (Wildman–Crippen LogP) is 3.34. The van der Waals surface area contributed by atoms with Crippen LogP contribution in [0.3, 0.4) is 0 Å². The zero-order valence-corrected chi connectivity index (χ0v) is 27.8. The number of phenolic OH excluding ortho intramolecular Hbond substituents is 2. The third kappa shape index (κ3) is 6.63. The van der Waals surface area contributed by atoms with E-state index in [1.807, 2.05) is 0 Å². The Morgan fingerprint density at radius 3 is 2.32 bits per heavy atom. The second kappa shape index (κ2) is 14.3. The molecule has 0 spiro atoms. The van der Waals surface area contributed by atoms with E-state index in [4.69, 9.17) is 24.7 Å². The Kier molecular flexibility index (Phi) is 10.5. The molecule has 0 unspecified atom stereocenters. The van der Waals surface area contributed by atoms with E-state index in [1.54, 1.807) is 25.1 Å². The zero-order valence-electron chi connectivity index (χ0n) is 27.0. The lowest BCUT2D eigenvalue weighted by Crippen LogP contribution is -2.53. The van der Waals surface area contributed by atoms with Crippen LogP contribution >= 0.6 is 12.4 Å². The second-order valence-electron chi connectivity index (χ2n) is 12.5. The summed E-state index contributed by atoms with van der Waals surface area (Å²) < 4.78 is 23.1. The van der Waals surface area contributed by atoms with Crippen molar-refractivity contribution in [2.45, 2.75) is 69.0 Å². The van der Waals surface area contributed by atoms with Crippen LogP contribution < -0.4 is 11.1 Å². The van der Waals surface area contributed by atoms with Crippen LogP contribution in [0.4, 0.5) is 10.5 Å². The molecule has 6 rings (SSSR count). The van der Waals surface area contributed by atoms with Gasteiger partial charge in [-0.25, -0.2) is 4.79 Å². The minimum absolute atomic E-state index is 0. The highest BCUT2D eigenvalue weighted by atomic mass is 35.5. The summed E-state index contributed by atoms with van der Waals surface area (Å²) in [5, 5.41) is 48.9. The smallest absolute Gasteiger partial charge is 0.407 e. The standard InChI is InChI=1S/C34H35N3O12.ClH/c1-16-32(46-2)21(35)11-24(48-16)49-23-13-34(43,15-47-33(42)36-14-17-7-3-6-10-22(17)37(44)45)12-20-25(23)31(41)27-26(30(20)40)28(38)18-8-4-5-9-19(18)29(27)39;/h3-10,16,21,23-24,32,40-41,43H,11-15,35H2,1-2H3,(H,36,42);1H/t16-,21-,23-,24-,32+,34-;/m0./s1. The highest BCUT2D eigenvalue weighted by molar-refractivity contribution is 6.30. The number of hydrogen-bond acceptors (Lipinski definition) is 13. The van der Waals surface area contributed by atoms with Gasteiger partial charge >= 0.3 is 6.09 Å². The SMILES string of the molecule is CO[C@@H]1[C@H](C)O[C@@H](O[C@H]2C[C@](O)(COC(=O)NCc3ccccc3[N+](=O)[O-])Cc3c(O)c4c(c(O)c32)C(=O)c2ccccc2C4=O)C[C@@H]1N.Cl. The minimum Gasteiger partial charge on any atom is -0.507 e. The molecule has 16 heteroatoms. The maximum atomic E-state index is 13.6. The van der Waals surface area contributed by atoms with Crippen molar-refractivity contribution >= 4 is 35.8 Å². The van der Waals surface area contributed by atoms with Gasteiger partial charge in [0.1, 0.15) is 23.7 Å². The Morgan fingerprint density at radius 2 is 1.70 bits per heavy atom. The van der Waals surface area contributed by atoms with Crippen molar-refractivity contribution in [1.29, 1.82) is 0 Å². The fourth-order valence-corrected chi connectivity index (χ4v) is 6.95. The van der Waals surface area contributed by atoms with E-state index in [1.165, 1.54) is 37.4 Å². The molecule has 6 N–H and O–H groups in total. The van der Waals surface area contributed by atoms with Gasteiger partial charge in [0.15, 0.2) is 17.9 Å². The molecule has 15 nitrogen and oxygen atoms in total. The summed E-state index contributed by atoms with van der Waals surface area (Å²) in [5.41, 5.74) is 3.60. The number of nitrogens with two attached hydrogens (primary N) is 1. The van der Waals surface area contributed by atoms with Gasteiger partial charge in [-0.1, -0.05) is 42.5 Å². The average molecular weight is 714 g/mol. The molecule has 0 saturated carbocycles. The molecule has 3 aromatic carbocycles. The molecular weight excluding hydrogens is 678 g/mol. The number of ketones is 2. The summed E-state index contributed by atoms with van der Waals surface area (Å²) in [6.07, 6.45) is -4.72. The van der Waals surface area contributed by atoms with Crippen LogP contribution in [-0.4, -0.2) is 81.8 Å². The molecule has 0 aromatic heterocycles. The van der Waals surface area contributed by atoms with Crippen LogP contribution in [0, 0.1) is 10.1 Å². The number of aromatic hydroxyl groups is 2. The molecule has 1 saturated heterocycles. The van der Waals surface area contributed by atoms with Crippen molar-refractivity contribution < 1.29 is 53.6 Å². The number of rotatable bonds is 8. The van der Waals surface area contributed by atoms with E-state index in [-0.39, 0.29) is 65.3 Å². The lowest BCUT2D eigenvalue weighted by atomic mass is 9.73. The first-order chi connectivity index (χ1) is 23.3. The number of nitro groups is 1. The summed E-state index contributed by atoms with van der Waals surface area (Å²) in [6, 6.07) is 11.4. The number of aliphatic hydroxyl groups is 1. The van der Waals surface area contributed by atoms with Gasteiger partial charge in [0.2, 0.25) is 0 Å². The molecule has 1 aliphatic heterocycles. The Labute approximate surface area is 291 Å². The number of nitro benzene ring substituents is 1. The Balaban J connectivity index is 0.00000486. The van der Waals surface area contributed by atoms with E-state index in [0.29, 0.717) is 0 Å². The predicted molar refractivity (Wildman–Crippen MR) is 176 cm³/mol. The van der Waals surface area contributed by atoms with E-state index < -0.39 is 94.5 Å². The number of amides is 1. The second-order valence-corrected chi connectivity index (χ2v) is 12.5. The molecule has 0 bridgehead atoms. The van der Waals surface area contributed by atoms with E-state index in [9.17, 15) is 39.8 Å². The monoisotopic (exact) mass is 713 g/mol. The molecule has 266 valence electrons. The van der Waals surface area contributed by atoms with E-state index >= 15 is 0 Å². The van der Waals surface area contributed by atoms with Crippen LogP contribution in [0.15, 0.2) is 48.5 Å². The summed E-state index contributed by atoms with van der Waals surface area (Å²) >= 11 is 0. The summed E-state index contributed by atoms with van der Waals surface area (Å²) in [7, 11) is 1.50. The molecule has 0 radical (unpaired) electrons. The number of alkyl carbamates (subject to hydrolysis) is 1. The van der Waals surface area contributed by atoms with Crippen molar-refractivity contribution in [3.05, 3.63) is 97.6 Å². The van der Waals surface area contributed by atoms with Gasteiger partial charge in [-0.2, -0.15) is 0 Å². The minimum atomic E-state index is -1.93. The van der Waals surface area contributed by atoms with Crippen LogP contribution in [-0.2, 0) is 31.9 Å². The average Bonchev–Trinajstić information content (AvgIpc) is 3.06. The van der Waals surface area contributed by atoms with Crippen LogP contribution in [0.25, 0.3) is 0 Å². The normalized spacial score (nSPS) is 25.4. The van der Waals surface area contributed by atoms with Crippen molar-refractivity contribution in [3.8, 4) is 11.5 Å². The van der Waals surface area contributed by atoms with Crippen LogP contribution in [0.5, 0.6) is 11.5 Å². The number of phenols is 2. The number of nitrogens with one attached hydrogen (secondary N) is 1. The van der Waals surface area contributed by atoms with Gasteiger partial charge in [0.25, 0.3) is 5.69 Å². The Hall–Kier alpha value is -4.64. The van der Waals surface area contributed by atoms with Crippen molar-refractivity contribution in [2.75, 3.05) is 13.7 Å². The quantitative estimate of drug-likeness (QED) is 0.100. The number of halogens is 1. The molecule has 1 fully saturated rings. The van der Waals surface area contributed by atoms with E-state index in [2.05, 4.69) is 5.32 Å². The van der Waals surface area contributed by atoms with Gasteiger partial charge in [0.05, 0.1) is 40.9 Å². The first-order valence-electron chi connectivity index (χ1n) is 15.6. The molecule has 6 atom stereocenters. The van der Waals surface area contributed by atoms with Gasteiger partial charge in [0, 0.05) is 66.3 Å². The van der Waals surface area contributed by atoms with Gasteiger partial charge in [-0.05, 0) is 6.92 Å². The molecule has 1 heterocycles. The van der Waals surface area contributed by atoms with Crippen molar-refractivity contribution in [1.82, 2.24) is 5.32 Å². The number of methoxy groups -OCH3 is 1. The fourth-order valence-electron chi connectivity index (χ4n) is 6.95. The maximum Gasteiger partial charge on any atom is 0.407 e. The largest absolute Gasteiger partial charge is 0.507 e. The lowest BCUT2D eigenvalue weighted by Gasteiger charge is -2.43. The first-order valence-corrected chi connectivity index (χ1v) is 15.6. The first kappa shape index (κ1) is 36.6. The molecule has 3 aliphatic rings. The van der Waals surface area contributed by atoms with Gasteiger partial charge in [-0.3, -0.25) is 19.7 Å². The topological polar surface area (TPSA) is 230 Å². The summed E-state index contributed by atoms with van der Waals surface area (Å²) in [4.78, 5) is 50.7. The summed E-state index contributed by atoms with van der Waals surface area (Å²) in [5.74, 6) is -2.59. The maximum absolute atomic E-state index is 13.6. The van der Waals surface area contributed by atoms with Crippen LogP contribution in [0.1, 0.15) is 74.4 Å². The zero-order chi connectivity index (χ0) is 35.2. The Bertz CT molecular complexity index is 1840. The molecule has 3 aromatic rings. The highest BCUT2D eigenvalue weighted by Crippen LogP contribution is 2.52. The molecule has 1 amide bonds. The molecule has 2 aliphatic carbocycles. The highest BCUT2D eigenvalue weighted by Gasteiger charge is 2.48.